The Kier molecular flexibility index (Phi) is 10.8. The number of rotatable bonds is 12. The van der Waals surface area contributed by atoms with Crippen molar-refractivity contribution >= 4 is 23.5 Å². The van der Waals surface area contributed by atoms with E-state index in [1.54, 1.807) is 0 Å². The lowest BCUT2D eigenvalue weighted by Crippen LogP contribution is -2.31. The maximum absolute atomic E-state index is 13.8. The molecule has 3 aromatic rings. The third-order valence-electron chi connectivity index (χ3n) is 8.99. The summed E-state index contributed by atoms with van der Waals surface area (Å²) in [6.45, 7) is 5.48. The second-order valence-electron chi connectivity index (χ2n) is 13.5. The van der Waals surface area contributed by atoms with Gasteiger partial charge in [-0.3, -0.25) is 4.79 Å². The van der Waals surface area contributed by atoms with Gasteiger partial charge in [0.25, 0.3) is 0 Å². The molecule has 46 heavy (non-hydrogen) atoms. The number of esters is 1. The second kappa shape index (κ2) is 14.9. The van der Waals surface area contributed by atoms with Gasteiger partial charge in [-0.2, -0.15) is 0 Å². The van der Waals surface area contributed by atoms with Crippen LogP contribution in [0.1, 0.15) is 93.9 Å². The SMILES string of the molecule is CC(C)(C)c1ccc(CCC(OC(=O)COCC(=O)O)C2CCCCC2)cc1NC(=O)CC1c2ccccc2Oc2ccccc21. The minimum atomic E-state index is -1.12. The van der Waals surface area contributed by atoms with Gasteiger partial charge < -0.3 is 24.6 Å². The minimum absolute atomic E-state index is 0.0745. The van der Waals surface area contributed by atoms with E-state index < -0.39 is 18.5 Å². The summed E-state index contributed by atoms with van der Waals surface area (Å²) in [7, 11) is 0. The number of aryl methyl sites for hydroxylation is 1. The molecule has 0 bridgehead atoms. The molecule has 3 aromatic carbocycles. The van der Waals surface area contributed by atoms with Crippen molar-refractivity contribution < 1.29 is 33.7 Å². The number of carbonyl (C=O) groups is 3. The smallest absolute Gasteiger partial charge is 0.332 e. The summed E-state index contributed by atoms with van der Waals surface area (Å²) in [5.41, 5.74) is 4.68. The van der Waals surface area contributed by atoms with Crippen LogP contribution in [0.15, 0.2) is 66.7 Å². The molecule has 1 atom stereocenters. The number of amides is 1. The van der Waals surface area contributed by atoms with Crippen LogP contribution in [0.2, 0.25) is 0 Å². The molecule has 1 heterocycles. The molecule has 1 aliphatic carbocycles. The van der Waals surface area contributed by atoms with Crippen molar-refractivity contribution in [1.29, 1.82) is 0 Å². The first-order valence-corrected chi connectivity index (χ1v) is 16.4. The highest BCUT2D eigenvalue weighted by atomic mass is 16.6. The summed E-state index contributed by atoms with van der Waals surface area (Å²) < 4.78 is 17.0. The van der Waals surface area contributed by atoms with Gasteiger partial charge >= 0.3 is 11.9 Å². The largest absolute Gasteiger partial charge is 0.480 e. The lowest BCUT2D eigenvalue weighted by Gasteiger charge is -2.30. The quantitative estimate of drug-likeness (QED) is 0.197. The number of carboxylic acids is 1. The Balaban J connectivity index is 1.31. The number of benzene rings is 3. The van der Waals surface area contributed by atoms with E-state index in [1.807, 2.05) is 48.5 Å². The monoisotopic (exact) mass is 627 g/mol. The van der Waals surface area contributed by atoms with Gasteiger partial charge in [-0.05, 0) is 66.3 Å². The number of carbonyl (C=O) groups excluding carboxylic acids is 2. The topological polar surface area (TPSA) is 111 Å². The molecule has 5 rings (SSSR count). The second-order valence-corrected chi connectivity index (χ2v) is 13.5. The van der Waals surface area contributed by atoms with E-state index in [1.165, 1.54) is 6.42 Å². The van der Waals surface area contributed by atoms with E-state index in [0.717, 1.165) is 65.1 Å². The molecule has 2 aliphatic rings. The molecule has 0 saturated heterocycles. The zero-order valence-corrected chi connectivity index (χ0v) is 27.1. The molecule has 1 aliphatic heterocycles. The van der Waals surface area contributed by atoms with Crippen molar-refractivity contribution in [1.82, 2.24) is 0 Å². The molecule has 0 spiro atoms. The molecule has 0 aromatic heterocycles. The first kappa shape index (κ1) is 33.2. The fraction of sp³-hybridized carbons (Fsp3) is 0.447. The molecular weight excluding hydrogens is 582 g/mol. The van der Waals surface area contributed by atoms with Crippen LogP contribution in [-0.4, -0.2) is 42.3 Å². The lowest BCUT2D eigenvalue weighted by atomic mass is 9.82. The zero-order valence-electron chi connectivity index (χ0n) is 27.1. The van der Waals surface area contributed by atoms with Gasteiger partial charge in [0.2, 0.25) is 5.91 Å². The zero-order chi connectivity index (χ0) is 32.7. The van der Waals surface area contributed by atoms with E-state index in [2.05, 4.69) is 44.3 Å². The molecule has 1 fully saturated rings. The summed E-state index contributed by atoms with van der Waals surface area (Å²) in [6.07, 6.45) is 6.67. The van der Waals surface area contributed by atoms with Gasteiger partial charge in [0.15, 0.2) is 0 Å². The highest BCUT2D eigenvalue weighted by Gasteiger charge is 2.30. The molecule has 1 unspecified atom stereocenters. The number of anilines is 1. The molecule has 8 nitrogen and oxygen atoms in total. The summed E-state index contributed by atoms with van der Waals surface area (Å²) in [4.78, 5) is 37.1. The Hall–Kier alpha value is -4.17. The van der Waals surface area contributed by atoms with Crippen LogP contribution in [0.4, 0.5) is 5.69 Å². The predicted octanol–water partition coefficient (Wildman–Crippen LogP) is 7.78. The normalized spacial score (nSPS) is 15.6. The van der Waals surface area contributed by atoms with Crippen LogP contribution in [0.25, 0.3) is 0 Å². The van der Waals surface area contributed by atoms with Crippen LogP contribution in [0.5, 0.6) is 11.5 Å². The first-order chi connectivity index (χ1) is 22.1. The number of ether oxygens (including phenoxy) is 3. The third kappa shape index (κ3) is 8.55. The summed E-state index contributed by atoms with van der Waals surface area (Å²) in [5, 5.41) is 12.1. The van der Waals surface area contributed by atoms with Gasteiger partial charge in [-0.15, -0.1) is 0 Å². The van der Waals surface area contributed by atoms with E-state index in [-0.39, 0.29) is 42.3 Å². The highest BCUT2D eigenvalue weighted by Crippen LogP contribution is 2.45. The highest BCUT2D eigenvalue weighted by molar-refractivity contribution is 5.93. The summed E-state index contributed by atoms with van der Waals surface area (Å²) in [6, 6.07) is 22.0. The van der Waals surface area contributed by atoms with Gasteiger partial charge in [0.1, 0.15) is 30.8 Å². The Labute approximate surface area is 271 Å². The number of hydrogen-bond donors (Lipinski definition) is 2. The van der Waals surface area contributed by atoms with Gasteiger partial charge in [0, 0.05) is 29.2 Å². The predicted molar refractivity (Wildman–Crippen MR) is 176 cm³/mol. The number of fused-ring (bicyclic) bond motifs is 2. The van der Waals surface area contributed by atoms with Crippen molar-refractivity contribution in [3.63, 3.8) is 0 Å². The average molecular weight is 628 g/mol. The van der Waals surface area contributed by atoms with Crippen LogP contribution >= 0.6 is 0 Å². The Morgan fingerprint density at radius 3 is 2.20 bits per heavy atom. The van der Waals surface area contributed by atoms with Crippen molar-refractivity contribution in [3.8, 4) is 11.5 Å². The summed E-state index contributed by atoms with van der Waals surface area (Å²) >= 11 is 0. The van der Waals surface area contributed by atoms with Crippen LogP contribution in [0.3, 0.4) is 0 Å². The fourth-order valence-corrected chi connectivity index (χ4v) is 6.75. The molecule has 1 amide bonds. The Morgan fingerprint density at radius 2 is 1.57 bits per heavy atom. The van der Waals surface area contributed by atoms with E-state index in [9.17, 15) is 14.4 Å². The minimum Gasteiger partial charge on any atom is -0.480 e. The Bertz CT molecular complexity index is 1490. The molecule has 244 valence electrons. The van der Waals surface area contributed by atoms with Crippen molar-refractivity contribution in [3.05, 3.63) is 89.0 Å². The first-order valence-electron chi connectivity index (χ1n) is 16.4. The van der Waals surface area contributed by atoms with Gasteiger partial charge in [-0.25, -0.2) is 9.59 Å². The number of nitrogens with one attached hydrogen (secondary N) is 1. The summed E-state index contributed by atoms with van der Waals surface area (Å²) in [5.74, 6) is -0.0568. The van der Waals surface area contributed by atoms with Crippen LogP contribution in [-0.2, 0) is 35.7 Å². The van der Waals surface area contributed by atoms with Crippen molar-refractivity contribution in [2.75, 3.05) is 18.5 Å². The fourth-order valence-electron chi connectivity index (χ4n) is 6.75. The maximum atomic E-state index is 13.8. The van der Waals surface area contributed by atoms with Crippen molar-refractivity contribution in [2.45, 2.75) is 89.6 Å². The molecular formula is C38H45NO7. The van der Waals surface area contributed by atoms with E-state index in [0.29, 0.717) is 12.8 Å². The molecule has 1 saturated carbocycles. The van der Waals surface area contributed by atoms with Gasteiger partial charge in [0.05, 0.1) is 0 Å². The van der Waals surface area contributed by atoms with Crippen LogP contribution in [0, 0.1) is 5.92 Å². The van der Waals surface area contributed by atoms with Crippen molar-refractivity contribution in [2.24, 2.45) is 5.92 Å². The standard InChI is InChI=1S/C38H45NO7/c1-38(2,3)30-19-17-25(18-20-32(26-11-5-4-6-12-26)46-37(43)24-44-23-36(41)42)21-31(30)39-35(40)22-29-27-13-7-9-15-33(27)45-34-16-10-8-14-28(29)34/h7-10,13-17,19,21,26,29,32H,4-6,11-12,18,20,22-24H2,1-3H3,(H,39,40)(H,41,42). The number of carboxylic acid groups (broad SMARTS) is 1. The number of hydrogen-bond acceptors (Lipinski definition) is 6. The molecule has 0 radical (unpaired) electrons. The lowest BCUT2D eigenvalue weighted by molar-refractivity contribution is -0.160. The van der Waals surface area contributed by atoms with E-state index >= 15 is 0 Å². The number of para-hydroxylation sites is 2. The van der Waals surface area contributed by atoms with Crippen LogP contribution < -0.4 is 10.1 Å². The number of aliphatic carboxylic acids is 1. The molecule has 8 heteroatoms. The van der Waals surface area contributed by atoms with E-state index in [4.69, 9.17) is 19.3 Å². The van der Waals surface area contributed by atoms with Gasteiger partial charge in [-0.1, -0.05) is 88.6 Å². The average Bonchev–Trinajstić information content (AvgIpc) is 3.02. The Morgan fingerprint density at radius 1 is 0.913 bits per heavy atom. The molecule has 2 N–H and O–H groups in total. The third-order valence-corrected chi connectivity index (χ3v) is 8.99. The maximum Gasteiger partial charge on any atom is 0.332 e.